The van der Waals surface area contributed by atoms with Crippen LogP contribution < -0.4 is 15.5 Å². The molecule has 6 nitrogen and oxygen atoms in total. The standard InChI is InChI=1S/C17H27N5O/c1-4-7-14(5-2)18-17(23)19-15-8-6-11-22(12-15)16-10-9-13(3)20-21-16/h4,9-10,14-15H,1,5-8,11-12H2,2-3H3,(H2,18,19,23)/t14-,15+/m1/s1. The molecule has 0 spiro atoms. The molecule has 1 fully saturated rings. The molecule has 0 radical (unpaired) electrons. The van der Waals surface area contributed by atoms with E-state index in [-0.39, 0.29) is 18.1 Å². The number of piperidine rings is 1. The monoisotopic (exact) mass is 317 g/mol. The topological polar surface area (TPSA) is 70.2 Å². The average Bonchev–Trinajstić information content (AvgIpc) is 2.55. The predicted octanol–water partition coefficient (Wildman–Crippen LogP) is 2.41. The minimum absolute atomic E-state index is 0.0967. The van der Waals surface area contributed by atoms with E-state index in [1.165, 1.54) is 0 Å². The first-order valence-corrected chi connectivity index (χ1v) is 8.35. The molecule has 6 heteroatoms. The third-order valence-electron chi connectivity index (χ3n) is 4.14. The molecule has 1 saturated heterocycles. The number of carbonyl (C=O) groups is 1. The fourth-order valence-electron chi connectivity index (χ4n) is 2.80. The highest BCUT2D eigenvalue weighted by Gasteiger charge is 2.23. The number of amides is 2. The van der Waals surface area contributed by atoms with Gasteiger partial charge >= 0.3 is 6.03 Å². The molecule has 126 valence electrons. The van der Waals surface area contributed by atoms with Crippen LogP contribution in [0.5, 0.6) is 0 Å². The summed E-state index contributed by atoms with van der Waals surface area (Å²) in [4.78, 5) is 14.3. The highest BCUT2D eigenvalue weighted by Crippen LogP contribution is 2.17. The summed E-state index contributed by atoms with van der Waals surface area (Å²) >= 11 is 0. The van der Waals surface area contributed by atoms with Crippen molar-refractivity contribution in [3.05, 3.63) is 30.5 Å². The van der Waals surface area contributed by atoms with Gasteiger partial charge in [0.05, 0.1) is 5.69 Å². The smallest absolute Gasteiger partial charge is 0.315 e. The minimum atomic E-state index is -0.0967. The second kappa shape index (κ2) is 8.50. The van der Waals surface area contributed by atoms with Crippen LogP contribution in [0.3, 0.4) is 0 Å². The molecular formula is C17H27N5O. The molecule has 0 unspecified atom stereocenters. The van der Waals surface area contributed by atoms with Crippen LogP contribution in [0.4, 0.5) is 10.6 Å². The molecule has 2 N–H and O–H groups in total. The Kier molecular flexibility index (Phi) is 6.38. The Morgan fingerprint density at radius 1 is 1.52 bits per heavy atom. The van der Waals surface area contributed by atoms with Gasteiger partial charge in [-0.3, -0.25) is 0 Å². The van der Waals surface area contributed by atoms with Gasteiger partial charge in [0.2, 0.25) is 0 Å². The zero-order chi connectivity index (χ0) is 16.7. The van der Waals surface area contributed by atoms with Crippen molar-refractivity contribution in [3.8, 4) is 0 Å². The highest BCUT2D eigenvalue weighted by molar-refractivity contribution is 5.74. The van der Waals surface area contributed by atoms with Crippen LogP contribution in [0.2, 0.25) is 0 Å². The van der Waals surface area contributed by atoms with Gasteiger partial charge in [-0.25, -0.2) is 4.79 Å². The Morgan fingerprint density at radius 3 is 3.00 bits per heavy atom. The van der Waals surface area contributed by atoms with Crippen LogP contribution in [0.15, 0.2) is 24.8 Å². The number of hydrogen-bond donors (Lipinski definition) is 2. The van der Waals surface area contributed by atoms with Crippen molar-refractivity contribution in [2.45, 2.75) is 51.6 Å². The van der Waals surface area contributed by atoms with Gasteiger partial charge in [-0.1, -0.05) is 13.0 Å². The Hall–Kier alpha value is -2.11. The van der Waals surface area contributed by atoms with Crippen molar-refractivity contribution < 1.29 is 4.79 Å². The van der Waals surface area contributed by atoms with Crippen LogP contribution >= 0.6 is 0 Å². The molecule has 0 saturated carbocycles. The second-order valence-corrected chi connectivity index (χ2v) is 6.07. The summed E-state index contributed by atoms with van der Waals surface area (Å²) < 4.78 is 0. The first-order valence-electron chi connectivity index (χ1n) is 8.35. The molecule has 0 bridgehead atoms. The summed E-state index contributed by atoms with van der Waals surface area (Å²) in [6.45, 7) is 9.44. The fraction of sp³-hybridized carbons (Fsp3) is 0.588. The van der Waals surface area contributed by atoms with E-state index in [1.54, 1.807) is 0 Å². The number of hydrogen-bond acceptors (Lipinski definition) is 4. The van der Waals surface area contributed by atoms with Gasteiger partial charge in [0.25, 0.3) is 0 Å². The number of carbonyl (C=O) groups excluding carboxylic acids is 1. The Balaban J connectivity index is 1.87. The first kappa shape index (κ1) is 17.2. The van der Waals surface area contributed by atoms with Gasteiger partial charge < -0.3 is 15.5 Å². The largest absolute Gasteiger partial charge is 0.353 e. The zero-order valence-electron chi connectivity index (χ0n) is 14.1. The van der Waals surface area contributed by atoms with Gasteiger partial charge in [0, 0.05) is 25.2 Å². The third kappa shape index (κ3) is 5.23. The van der Waals surface area contributed by atoms with E-state index in [4.69, 9.17) is 0 Å². The quantitative estimate of drug-likeness (QED) is 0.791. The average molecular weight is 317 g/mol. The van der Waals surface area contributed by atoms with E-state index >= 15 is 0 Å². The minimum Gasteiger partial charge on any atom is -0.353 e. The van der Waals surface area contributed by atoms with Crippen LogP contribution in [-0.4, -0.2) is 41.4 Å². The molecule has 1 aromatic rings. The van der Waals surface area contributed by atoms with Gasteiger partial charge in [0.1, 0.15) is 0 Å². The lowest BCUT2D eigenvalue weighted by Crippen LogP contribution is -2.52. The maximum atomic E-state index is 12.1. The van der Waals surface area contributed by atoms with Crippen molar-refractivity contribution in [1.82, 2.24) is 20.8 Å². The van der Waals surface area contributed by atoms with Crippen LogP contribution in [0, 0.1) is 6.92 Å². The summed E-state index contributed by atoms with van der Waals surface area (Å²) in [5.41, 5.74) is 0.910. The van der Waals surface area contributed by atoms with Crippen molar-refractivity contribution in [3.63, 3.8) is 0 Å². The van der Waals surface area contributed by atoms with Crippen LogP contribution in [0.25, 0.3) is 0 Å². The lowest BCUT2D eigenvalue weighted by molar-refractivity contribution is 0.230. The molecular weight excluding hydrogens is 290 g/mol. The molecule has 1 aromatic heterocycles. The zero-order valence-corrected chi connectivity index (χ0v) is 14.1. The summed E-state index contributed by atoms with van der Waals surface area (Å²) in [5.74, 6) is 0.876. The Morgan fingerprint density at radius 2 is 2.35 bits per heavy atom. The van der Waals surface area contributed by atoms with Crippen molar-refractivity contribution in [2.24, 2.45) is 0 Å². The number of anilines is 1. The van der Waals surface area contributed by atoms with Crippen LogP contribution in [0.1, 0.15) is 38.3 Å². The second-order valence-electron chi connectivity index (χ2n) is 6.07. The lowest BCUT2D eigenvalue weighted by atomic mass is 10.1. The van der Waals surface area contributed by atoms with E-state index in [1.807, 2.05) is 25.1 Å². The summed E-state index contributed by atoms with van der Waals surface area (Å²) in [5, 5.41) is 14.4. The molecule has 2 amide bonds. The van der Waals surface area contributed by atoms with Crippen molar-refractivity contribution >= 4 is 11.8 Å². The summed E-state index contributed by atoms with van der Waals surface area (Å²) in [6, 6.07) is 4.14. The maximum absolute atomic E-state index is 12.1. The number of aryl methyl sites for hydroxylation is 1. The van der Waals surface area contributed by atoms with E-state index in [0.29, 0.717) is 0 Å². The molecule has 2 rings (SSSR count). The first-order chi connectivity index (χ1) is 11.1. The molecule has 2 heterocycles. The number of rotatable bonds is 6. The SMILES string of the molecule is C=CC[C@@H](CC)NC(=O)N[C@H]1CCCN(c2ccc(C)nn2)C1. The molecule has 23 heavy (non-hydrogen) atoms. The normalized spacial score (nSPS) is 19.0. The molecule has 0 aromatic carbocycles. The molecule has 1 aliphatic rings. The third-order valence-corrected chi connectivity index (χ3v) is 4.14. The van der Waals surface area contributed by atoms with E-state index in [9.17, 15) is 4.79 Å². The molecule has 1 aliphatic heterocycles. The lowest BCUT2D eigenvalue weighted by Gasteiger charge is -2.34. The fourth-order valence-corrected chi connectivity index (χ4v) is 2.80. The Labute approximate surface area is 138 Å². The van der Waals surface area contributed by atoms with Gasteiger partial charge in [-0.2, -0.15) is 5.10 Å². The summed E-state index contributed by atoms with van der Waals surface area (Å²) in [6.07, 6.45) is 5.55. The van der Waals surface area contributed by atoms with Gasteiger partial charge in [-0.05, 0) is 44.7 Å². The van der Waals surface area contributed by atoms with E-state index < -0.39 is 0 Å². The number of urea groups is 1. The maximum Gasteiger partial charge on any atom is 0.315 e. The highest BCUT2D eigenvalue weighted by atomic mass is 16.2. The van der Waals surface area contributed by atoms with Crippen molar-refractivity contribution in [1.29, 1.82) is 0 Å². The number of nitrogens with zero attached hydrogens (tertiary/aromatic N) is 3. The number of nitrogens with one attached hydrogen (secondary N) is 2. The molecule has 2 atom stereocenters. The van der Waals surface area contributed by atoms with Crippen LogP contribution in [-0.2, 0) is 0 Å². The predicted molar refractivity (Wildman–Crippen MR) is 92.6 cm³/mol. The Bertz CT molecular complexity index is 516. The van der Waals surface area contributed by atoms with Gasteiger partial charge in [-0.15, -0.1) is 11.7 Å². The molecule has 0 aliphatic carbocycles. The van der Waals surface area contributed by atoms with Gasteiger partial charge in [0.15, 0.2) is 5.82 Å². The van der Waals surface area contributed by atoms with Crippen molar-refractivity contribution in [2.75, 3.05) is 18.0 Å². The number of aromatic nitrogens is 2. The summed E-state index contributed by atoms with van der Waals surface area (Å²) in [7, 11) is 0. The van der Waals surface area contributed by atoms with E-state index in [0.717, 1.165) is 50.3 Å². The van der Waals surface area contributed by atoms with E-state index in [2.05, 4.69) is 39.2 Å².